The van der Waals surface area contributed by atoms with Crippen molar-refractivity contribution >= 4 is 18.3 Å². The predicted molar refractivity (Wildman–Crippen MR) is 106 cm³/mol. The SMILES string of the molecule is Cl.O=C(C1CC12CCCc1ccccc12)N1CCC(N2CCNCC2)C1. The fourth-order valence-electron chi connectivity index (χ4n) is 5.66. The molecule has 4 nitrogen and oxygen atoms in total. The number of hydrogen-bond donors (Lipinski definition) is 1. The Morgan fingerprint density at radius 3 is 2.81 bits per heavy atom. The molecule has 0 radical (unpaired) electrons. The third-order valence-corrected chi connectivity index (χ3v) is 7.14. The Morgan fingerprint density at radius 1 is 1.15 bits per heavy atom. The van der Waals surface area contributed by atoms with E-state index in [-0.39, 0.29) is 23.7 Å². The molecule has 0 bridgehead atoms. The molecule has 0 aromatic heterocycles. The number of fused-ring (bicyclic) bond motifs is 2. The van der Waals surface area contributed by atoms with Gasteiger partial charge in [-0.15, -0.1) is 12.4 Å². The standard InChI is InChI=1S/C21H29N3O.ClH/c25-20(24-11-7-17(15-24)23-12-9-22-10-13-23)19-14-21(19)8-3-5-16-4-1-2-6-18(16)21;/h1-2,4,6,17,19,22H,3,5,7-15H2;1H. The minimum absolute atomic E-state index is 0. The molecule has 1 amide bonds. The molecule has 3 fully saturated rings. The van der Waals surface area contributed by atoms with Gasteiger partial charge in [0.15, 0.2) is 0 Å². The second-order valence-electron chi connectivity index (χ2n) is 8.44. The van der Waals surface area contributed by atoms with Crippen LogP contribution in [0.2, 0.25) is 0 Å². The summed E-state index contributed by atoms with van der Waals surface area (Å²) >= 11 is 0. The van der Waals surface area contributed by atoms with Gasteiger partial charge in [-0.2, -0.15) is 0 Å². The molecule has 1 N–H and O–H groups in total. The zero-order valence-corrected chi connectivity index (χ0v) is 16.3. The van der Waals surface area contributed by atoms with E-state index in [4.69, 9.17) is 0 Å². The number of piperazine rings is 1. The molecule has 3 atom stereocenters. The van der Waals surface area contributed by atoms with Crippen LogP contribution in [0.4, 0.5) is 0 Å². The van der Waals surface area contributed by atoms with Gasteiger partial charge >= 0.3 is 0 Å². The molecule has 5 heteroatoms. The lowest BCUT2D eigenvalue weighted by molar-refractivity contribution is -0.132. The highest BCUT2D eigenvalue weighted by molar-refractivity contribution is 5.85. The lowest BCUT2D eigenvalue weighted by atomic mass is 9.78. The van der Waals surface area contributed by atoms with Crippen LogP contribution in [0.5, 0.6) is 0 Å². The van der Waals surface area contributed by atoms with E-state index < -0.39 is 0 Å². The Kier molecular flexibility index (Phi) is 5.02. The molecular formula is C21H30ClN3O. The highest BCUT2D eigenvalue weighted by Crippen LogP contribution is 2.61. The van der Waals surface area contributed by atoms with Crippen LogP contribution in [-0.4, -0.2) is 61.0 Å². The Bertz CT molecular complexity index is 675. The normalized spacial score (nSPS) is 33.6. The van der Waals surface area contributed by atoms with Gasteiger partial charge in [0.05, 0.1) is 0 Å². The number of aryl methyl sites for hydroxylation is 1. The fourth-order valence-corrected chi connectivity index (χ4v) is 5.66. The monoisotopic (exact) mass is 375 g/mol. The Labute approximate surface area is 162 Å². The largest absolute Gasteiger partial charge is 0.341 e. The van der Waals surface area contributed by atoms with Crippen molar-refractivity contribution in [1.82, 2.24) is 15.1 Å². The molecule has 142 valence electrons. The zero-order valence-electron chi connectivity index (χ0n) is 15.5. The number of rotatable bonds is 2. The molecule has 1 aromatic carbocycles. The molecule has 1 saturated carbocycles. The number of nitrogens with one attached hydrogen (secondary N) is 1. The summed E-state index contributed by atoms with van der Waals surface area (Å²) in [5.74, 6) is 0.685. The smallest absolute Gasteiger partial charge is 0.226 e. The first-order valence-corrected chi connectivity index (χ1v) is 10.1. The lowest BCUT2D eigenvalue weighted by Gasteiger charge is -2.32. The number of nitrogens with zero attached hydrogens (tertiary/aromatic N) is 2. The maximum atomic E-state index is 13.2. The summed E-state index contributed by atoms with van der Waals surface area (Å²) in [7, 11) is 0. The number of carbonyl (C=O) groups is 1. The van der Waals surface area contributed by atoms with E-state index in [9.17, 15) is 4.79 Å². The van der Waals surface area contributed by atoms with Crippen LogP contribution in [0.1, 0.15) is 36.8 Å². The van der Waals surface area contributed by atoms with Crippen LogP contribution >= 0.6 is 12.4 Å². The van der Waals surface area contributed by atoms with E-state index in [1.165, 1.54) is 30.4 Å². The van der Waals surface area contributed by atoms with Crippen molar-refractivity contribution in [2.24, 2.45) is 5.92 Å². The molecule has 5 rings (SSSR count). The fraction of sp³-hybridized carbons (Fsp3) is 0.667. The van der Waals surface area contributed by atoms with E-state index in [1.807, 2.05) is 0 Å². The lowest BCUT2D eigenvalue weighted by Crippen LogP contribution is -2.49. The second-order valence-corrected chi connectivity index (χ2v) is 8.44. The number of likely N-dealkylation sites (tertiary alicyclic amines) is 1. The van der Waals surface area contributed by atoms with Gasteiger partial charge in [0.25, 0.3) is 0 Å². The van der Waals surface area contributed by atoms with Gasteiger partial charge in [-0.1, -0.05) is 24.3 Å². The predicted octanol–water partition coefficient (Wildman–Crippen LogP) is 2.21. The first kappa shape index (κ1) is 18.3. The average molecular weight is 376 g/mol. The molecule has 1 spiro atoms. The van der Waals surface area contributed by atoms with Crippen molar-refractivity contribution in [2.75, 3.05) is 39.3 Å². The molecule has 2 saturated heterocycles. The summed E-state index contributed by atoms with van der Waals surface area (Å²) in [6.45, 7) is 6.36. The number of amides is 1. The Balaban J connectivity index is 0.00000168. The quantitative estimate of drug-likeness (QED) is 0.860. The molecule has 2 aliphatic carbocycles. The van der Waals surface area contributed by atoms with Crippen LogP contribution < -0.4 is 5.32 Å². The molecule has 3 unspecified atom stereocenters. The van der Waals surface area contributed by atoms with Gasteiger partial charge in [-0.05, 0) is 43.2 Å². The Morgan fingerprint density at radius 2 is 1.96 bits per heavy atom. The van der Waals surface area contributed by atoms with E-state index in [1.54, 1.807) is 0 Å². The van der Waals surface area contributed by atoms with Crippen molar-refractivity contribution in [3.8, 4) is 0 Å². The Hall–Kier alpha value is -1.10. The maximum Gasteiger partial charge on any atom is 0.226 e. The number of halogens is 1. The second kappa shape index (κ2) is 7.14. The number of benzene rings is 1. The van der Waals surface area contributed by atoms with E-state index in [0.29, 0.717) is 11.9 Å². The van der Waals surface area contributed by atoms with Gasteiger partial charge in [0, 0.05) is 56.6 Å². The van der Waals surface area contributed by atoms with Gasteiger partial charge in [0.1, 0.15) is 0 Å². The minimum Gasteiger partial charge on any atom is -0.341 e. The summed E-state index contributed by atoms with van der Waals surface area (Å²) in [6.07, 6.45) is 5.87. The van der Waals surface area contributed by atoms with Crippen LogP contribution in [-0.2, 0) is 16.6 Å². The third-order valence-electron chi connectivity index (χ3n) is 7.14. The molecule has 26 heavy (non-hydrogen) atoms. The topological polar surface area (TPSA) is 35.6 Å². The van der Waals surface area contributed by atoms with Crippen molar-refractivity contribution < 1.29 is 4.79 Å². The molecule has 4 aliphatic rings. The van der Waals surface area contributed by atoms with Crippen LogP contribution in [0.3, 0.4) is 0 Å². The van der Waals surface area contributed by atoms with Crippen LogP contribution in [0.25, 0.3) is 0 Å². The van der Waals surface area contributed by atoms with Gasteiger partial charge < -0.3 is 10.2 Å². The van der Waals surface area contributed by atoms with Crippen molar-refractivity contribution in [3.05, 3.63) is 35.4 Å². The van der Waals surface area contributed by atoms with Gasteiger partial charge in [0.2, 0.25) is 5.91 Å². The molecule has 2 aliphatic heterocycles. The van der Waals surface area contributed by atoms with Crippen molar-refractivity contribution in [3.63, 3.8) is 0 Å². The molecular weight excluding hydrogens is 346 g/mol. The highest BCUT2D eigenvalue weighted by Gasteiger charge is 2.61. The summed E-state index contributed by atoms with van der Waals surface area (Å²) in [4.78, 5) is 18.0. The van der Waals surface area contributed by atoms with Gasteiger partial charge in [-0.3, -0.25) is 9.69 Å². The van der Waals surface area contributed by atoms with Crippen molar-refractivity contribution in [2.45, 2.75) is 43.6 Å². The summed E-state index contributed by atoms with van der Waals surface area (Å²) in [5.41, 5.74) is 3.15. The third kappa shape index (κ3) is 2.96. The summed E-state index contributed by atoms with van der Waals surface area (Å²) in [6, 6.07) is 9.44. The van der Waals surface area contributed by atoms with Crippen molar-refractivity contribution in [1.29, 1.82) is 0 Å². The number of hydrogen-bond acceptors (Lipinski definition) is 3. The zero-order chi connectivity index (χ0) is 16.9. The summed E-state index contributed by atoms with van der Waals surface area (Å²) < 4.78 is 0. The maximum absolute atomic E-state index is 13.2. The first-order valence-electron chi connectivity index (χ1n) is 10.1. The van der Waals surface area contributed by atoms with Crippen LogP contribution in [0, 0.1) is 5.92 Å². The minimum atomic E-state index is 0. The van der Waals surface area contributed by atoms with E-state index in [2.05, 4.69) is 39.4 Å². The molecule has 1 aromatic rings. The molecule has 2 heterocycles. The average Bonchev–Trinajstić information content (AvgIpc) is 3.16. The number of carbonyl (C=O) groups excluding carboxylic acids is 1. The van der Waals surface area contributed by atoms with Gasteiger partial charge in [-0.25, -0.2) is 0 Å². The highest BCUT2D eigenvalue weighted by atomic mass is 35.5. The first-order chi connectivity index (χ1) is 12.3. The summed E-state index contributed by atoms with van der Waals surface area (Å²) in [5, 5.41) is 3.43. The van der Waals surface area contributed by atoms with Crippen LogP contribution in [0.15, 0.2) is 24.3 Å². The van der Waals surface area contributed by atoms with E-state index >= 15 is 0 Å². The van der Waals surface area contributed by atoms with E-state index in [0.717, 1.165) is 52.1 Å².